The molecule has 0 fully saturated rings. The molecule has 1 atom stereocenters. The number of benzene rings is 2. The molecule has 5 rings (SSSR count). The molecule has 1 aliphatic heterocycles. The average Bonchev–Trinajstić information content (AvgIpc) is 3.16. The first-order valence-corrected chi connectivity index (χ1v) is 11.1. The first kappa shape index (κ1) is 22.3. The zero-order valence-corrected chi connectivity index (χ0v) is 19.9. The monoisotopic (exact) mass is 481 g/mol. The van der Waals surface area contributed by atoms with Crippen LogP contribution in [-0.2, 0) is 24.4 Å². The van der Waals surface area contributed by atoms with E-state index in [0.717, 1.165) is 10.1 Å². The molecule has 2 aromatic heterocycles. The molecule has 2 N–H and O–H groups in total. The van der Waals surface area contributed by atoms with Crippen molar-refractivity contribution in [3.05, 3.63) is 79.6 Å². The van der Waals surface area contributed by atoms with Gasteiger partial charge in [0.15, 0.2) is 11.5 Å². The van der Waals surface area contributed by atoms with Gasteiger partial charge < -0.3 is 19.5 Å². The van der Waals surface area contributed by atoms with Crippen molar-refractivity contribution in [2.75, 3.05) is 6.61 Å². The smallest absolute Gasteiger partial charge is 0.331 e. The molecule has 0 saturated heterocycles. The Balaban J connectivity index is 1.99. The molecule has 176 valence electrons. The van der Waals surface area contributed by atoms with Crippen molar-refractivity contribution in [2.24, 2.45) is 14.1 Å². The average molecular weight is 482 g/mol. The van der Waals surface area contributed by atoms with E-state index >= 15 is 0 Å². The lowest BCUT2D eigenvalue weighted by atomic mass is 9.97. The second-order valence-electron chi connectivity index (χ2n) is 9.26. The van der Waals surface area contributed by atoms with E-state index in [1.807, 2.05) is 26.0 Å². The highest BCUT2D eigenvalue weighted by molar-refractivity contribution is 6.30. The van der Waals surface area contributed by atoms with Crippen molar-refractivity contribution in [3.8, 4) is 22.8 Å². The van der Waals surface area contributed by atoms with Crippen LogP contribution in [0.2, 0.25) is 5.02 Å². The summed E-state index contributed by atoms with van der Waals surface area (Å²) in [4.78, 5) is 26.5. The summed E-state index contributed by atoms with van der Waals surface area (Å²) >= 11 is 6.14. The van der Waals surface area contributed by atoms with Crippen molar-refractivity contribution in [2.45, 2.75) is 25.5 Å². The fraction of sp³-hybridized carbons (Fsp3) is 0.280. The first-order chi connectivity index (χ1) is 16.0. The summed E-state index contributed by atoms with van der Waals surface area (Å²) < 4.78 is 10.9. The minimum absolute atomic E-state index is 0.247. The second kappa shape index (κ2) is 7.51. The summed E-state index contributed by atoms with van der Waals surface area (Å²) in [5.74, 6) is -0.528. The minimum atomic E-state index is -0.694. The molecule has 8 nitrogen and oxygen atoms in total. The van der Waals surface area contributed by atoms with Gasteiger partial charge in [0, 0.05) is 19.1 Å². The molecular formula is C25H24ClN3O5. The number of phenolic OH excluding ortho intramolecular Hbond substituents is 2. The van der Waals surface area contributed by atoms with Gasteiger partial charge in [-0.05, 0) is 49.2 Å². The summed E-state index contributed by atoms with van der Waals surface area (Å²) in [6.07, 6.45) is -0.694. The lowest BCUT2D eigenvalue weighted by Crippen LogP contribution is -2.40. The van der Waals surface area contributed by atoms with Gasteiger partial charge in [0.05, 0.1) is 34.4 Å². The van der Waals surface area contributed by atoms with E-state index in [4.69, 9.17) is 16.3 Å². The second-order valence-corrected chi connectivity index (χ2v) is 9.69. The summed E-state index contributed by atoms with van der Waals surface area (Å²) in [5, 5.41) is 20.9. The quantitative estimate of drug-likeness (QED) is 0.426. The summed E-state index contributed by atoms with van der Waals surface area (Å²) in [5.41, 5.74) is 1.68. The Morgan fingerprint density at radius 2 is 1.68 bits per heavy atom. The number of phenols is 2. The standard InChI is InChI=1S/C25H24ClN3O5/c1-25(2)12-34-22(14-7-10-16(30)17(31)11-14)21-20-18(23(32)28(4)24(33)27(20)3)19(29(21)25)13-5-8-15(26)9-6-13/h5-11,22,30-31H,12H2,1-4H3. The molecule has 2 aromatic carbocycles. The molecule has 1 unspecified atom stereocenters. The third-order valence-corrected chi connectivity index (χ3v) is 6.74. The Hall–Kier alpha value is -3.49. The number of aromatic hydroxyl groups is 2. The lowest BCUT2D eigenvalue weighted by Gasteiger charge is -2.39. The molecule has 9 heteroatoms. The topological polar surface area (TPSA) is 98.6 Å². The van der Waals surface area contributed by atoms with Crippen molar-refractivity contribution < 1.29 is 14.9 Å². The fourth-order valence-corrected chi connectivity index (χ4v) is 4.96. The number of nitrogens with zero attached hydrogens (tertiary/aromatic N) is 3. The van der Waals surface area contributed by atoms with Crippen molar-refractivity contribution >= 4 is 22.5 Å². The van der Waals surface area contributed by atoms with Gasteiger partial charge >= 0.3 is 5.69 Å². The largest absolute Gasteiger partial charge is 0.504 e. The number of hydrogen-bond donors (Lipinski definition) is 2. The van der Waals surface area contributed by atoms with Crippen LogP contribution in [0, 0.1) is 0 Å². The molecule has 3 heterocycles. The molecule has 0 radical (unpaired) electrons. The van der Waals surface area contributed by atoms with E-state index in [-0.39, 0.29) is 11.5 Å². The van der Waals surface area contributed by atoms with Gasteiger partial charge in [-0.15, -0.1) is 0 Å². The van der Waals surface area contributed by atoms with E-state index < -0.39 is 22.9 Å². The Kier molecular flexibility index (Phi) is 4.93. The van der Waals surface area contributed by atoms with Gasteiger partial charge in [0.1, 0.15) is 6.10 Å². The molecule has 34 heavy (non-hydrogen) atoms. The Bertz CT molecular complexity index is 1580. The van der Waals surface area contributed by atoms with Crippen LogP contribution in [0.25, 0.3) is 22.2 Å². The molecule has 0 aliphatic carbocycles. The zero-order valence-electron chi connectivity index (χ0n) is 19.2. The number of hydrogen-bond acceptors (Lipinski definition) is 5. The Morgan fingerprint density at radius 1 is 1.00 bits per heavy atom. The maximum absolute atomic E-state index is 13.5. The number of aryl methyl sites for hydroxylation is 1. The summed E-state index contributed by atoms with van der Waals surface area (Å²) in [6.45, 7) is 4.31. The molecule has 0 bridgehead atoms. The molecular weight excluding hydrogens is 458 g/mol. The SMILES string of the molecule is Cn1c(=O)c2c(-c3ccc(Cl)cc3)n3c(c2n(C)c1=O)C(c1ccc(O)c(O)c1)OCC3(C)C. The van der Waals surface area contributed by atoms with Crippen LogP contribution in [0.3, 0.4) is 0 Å². The Labute approximate surface area is 199 Å². The Morgan fingerprint density at radius 3 is 2.32 bits per heavy atom. The van der Waals surface area contributed by atoms with Gasteiger partial charge in [0.2, 0.25) is 0 Å². The van der Waals surface area contributed by atoms with Crippen LogP contribution >= 0.6 is 11.6 Å². The number of fused-ring (bicyclic) bond motifs is 3. The predicted molar refractivity (Wildman–Crippen MR) is 130 cm³/mol. The van der Waals surface area contributed by atoms with Crippen LogP contribution in [0.4, 0.5) is 0 Å². The van der Waals surface area contributed by atoms with E-state index in [2.05, 4.69) is 4.57 Å². The van der Waals surface area contributed by atoms with Gasteiger partial charge in [0.25, 0.3) is 5.56 Å². The fourth-order valence-electron chi connectivity index (χ4n) is 4.84. The van der Waals surface area contributed by atoms with Crippen molar-refractivity contribution in [1.29, 1.82) is 0 Å². The summed E-state index contributed by atoms with van der Waals surface area (Å²) in [7, 11) is 3.09. The van der Waals surface area contributed by atoms with Gasteiger partial charge in [-0.25, -0.2) is 4.79 Å². The van der Waals surface area contributed by atoms with Crippen molar-refractivity contribution in [3.63, 3.8) is 0 Å². The number of halogens is 1. The molecule has 0 amide bonds. The maximum Gasteiger partial charge on any atom is 0.331 e. The van der Waals surface area contributed by atoms with Gasteiger partial charge in [-0.1, -0.05) is 29.8 Å². The number of aromatic nitrogens is 3. The van der Waals surface area contributed by atoms with E-state index in [9.17, 15) is 19.8 Å². The van der Waals surface area contributed by atoms with Gasteiger partial charge in [-0.3, -0.25) is 13.9 Å². The summed E-state index contributed by atoms with van der Waals surface area (Å²) in [6, 6.07) is 11.7. The predicted octanol–water partition coefficient (Wildman–Crippen LogP) is 3.63. The highest BCUT2D eigenvalue weighted by Crippen LogP contribution is 2.46. The van der Waals surface area contributed by atoms with E-state index in [1.165, 1.54) is 23.7 Å². The third kappa shape index (κ3) is 3.09. The van der Waals surface area contributed by atoms with E-state index in [1.54, 1.807) is 25.2 Å². The van der Waals surface area contributed by atoms with Crippen LogP contribution in [0.1, 0.15) is 31.2 Å². The van der Waals surface area contributed by atoms with Crippen LogP contribution < -0.4 is 11.2 Å². The lowest BCUT2D eigenvalue weighted by molar-refractivity contribution is -0.00716. The van der Waals surface area contributed by atoms with Crippen molar-refractivity contribution in [1.82, 2.24) is 13.7 Å². The normalized spacial score (nSPS) is 17.1. The molecule has 0 saturated carbocycles. The number of ether oxygens (including phenoxy) is 1. The third-order valence-electron chi connectivity index (χ3n) is 6.49. The minimum Gasteiger partial charge on any atom is -0.504 e. The first-order valence-electron chi connectivity index (χ1n) is 10.8. The van der Waals surface area contributed by atoms with Crippen LogP contribution in [0.5, 0.6) is 11.5 Å². The highest BCUT2D eigenvalue weighted by atomic mass is 35.5. The van der Waals surface area contributed by atoms with E-state index in [0.29, 0.717) is 39.5 Å². The molecule has 0 spiro atoms. The molecule has 4 aromatic rings. The zero-order chi connectivity index (χ0) is 24.5. The highest BCUT2D eigenvalue weighted by Gasteiger charge is 2.40. The number of rotatable bonds is 2. The maximum atomic E-state index is 13.5. The van der Waals surface area contributed by atoms with Crippen LogP contribution in [-0.4, -0.2) is 30.5 Å². The van der Waals surface area contributed by atoms with Gasteiger partial charge in [-0.2, -0.15) is 0 Å². The molecule has 1 aliphatic rings. The van der Waals surface area contributed by atoms with Crippen LogP contribution in [0.15, 0.2) is 52.1 Å².